The van der Waals surface area contributed by atoms with Crippen LogP contribution in [0.4, 0.5) is 0 Å². The van der Waals surface area contributed by atoms with Crippen molar-refractivity contribution in [2.24, 2.45) is 11.3 Å². The fraction of sp³-hybridized carbons (Fsp3) is 0.750. The van der Waals surface area contributed by atoms with Gasteiger partial charge in [0.25, 0.3) is 0 Å². The van der Waals surface area contributed by atoms with E-state index in [2.05, 4.69) is 6.58 Å². The number of hydrogen-bond donors (Lipinski definition) is 1. The summed E-state index contributed by atoms with van der Waals surface area (Å²) in [6, 6.07) is 0. The average molecular weight is 212 g/mol. The molecule has 3 nitrogen and oxygen atoms in total. The highest BCUT2D eigenvalue weighted by atomic mass is 16.7. The Balaban J connectivity index is 3.04. The van der Waals surface area contributed by atoms with Gasteiger partial charge >= 0.3 is 5.97 Å². The maximum atomic E-state index is 11.0. The van der Waals surface area contributed by atoms with E-state index >= 15 is 0 Å². The lowest BCUT2D eigenvalue weighted by atomic mass is 9.66. The van der Waals surface area contributed by atoms with Crippen LogP contribution in [0.3, 0.4) is 0 Å². The molecular weight excluding hydrogens is 192 g/mol. The summed E-state index contributed by atoms with van der Waals surface area (Å²) in [7, 11) is 0. The summed E-state index contributed by atoms with van der Waals surface area (Å²) in [6.07, 6.45) is 4.39. The van der Waals surface area contributed by atoms with E-state index in [0.29, 0.717) is 0 Å². The summed E-state index contributed by atoms with van der Waals surface area (Å²) in [6.45, 7) is 8.86. The highest BCUT2D eigenvalue weighted by Gasteiger charge is 2.53. The molecule has 1 saturated carbocycles. The highest BCUT2D eigenvalue weighted by molar-refractivity contribution is 5.66. The van der Waals surface area contributed by atoms with Gasteiger partial charge in [0.15, 0.2) is 0 Å². The first-order chi connectivity index (χ1) is 6.85. The molecule has 0 saturated heterocycles. The lowest BCUT2D eigenvalue weighted by molar-refractivity contribution is -0.281. The fourth-order valence-corrected chi connectivity index (χ4v) is 2.40. The minimum Gasteiger partial charge on any atom is -0.432 e. The van der Waals surface area contributed by atoms with Crippen molar-refractivity contribution in [3.63, 3.8) is 0 Å². The Morgan fingerprint density at radius 1 is 1.67 bits per heavy atom. The zero-order valence-corrected chi connectivity index (χ0v) is 9.75. The molecule has 1 aliphatic rings. The predicted octanol–water partition coefficient (Wildman–Crippen LogP) is 2.25. The summed E-state index contributed by atoms with van der Waals surface area (Å²) in [5.41, 5.74) is -0.545. The molecule has 1 aliphatic carbocycles. The van der Waals surface area contributed by atoms with Crippen LogP contribution in [0.5, 0.6) is 0 Å². The molecule has 0 aromatic carbocycles. The summed E-state index contributed by atoms with van der Waals surface area (Å²) >= 11 is 0. The minimum absolute atomic E-state index is 0.0573. The number of esters is 1. The van der Waals surface area contributed by atoms with Crippen LogP contribution >= 0.6 is 0 Å². The molecule has 15 heavy (non-hydrogen) atoms. The molecule has 0 heterocycles. The van der Waals surface area contributed by atoms with Gasteiger partial charge in [-0.05, 0) is 19.8 Å². The first-order valence-electron chi connectivity index (χ1n) is 5.41. The molecule has 86 valence electrons. The monoisotopic (exact) mass is 212 g/mol. The number of hydrogen-bond acceptors (Lipinski definition) is 3. The van der Waals surface area contributed by atoms with E-state index in [-0.39, 0.29) is 5.92 Å². The van der Waals surface area contributed by atoms with Crippen LogP contribution < -0.4 is 0 Å². The second kappa shape index (κ2) is 3.97. The van der Waals surface area contributed by atoms with Crippen molar-refractivity contribution in [1.29, 1.82) is 0 Å². The smallest absolute Gasteiger partial charge is 0.305 e. The summed E-state index contributed by atoms with van der Waals surface area (Å²) < 4.78 is 5.14. The molecule has 3 atom stereocenters. The van der Waals surface area contributed by atoms with Gasteiger partial charge in [-0.25, -0.2) is 0 Å². The third-order valence-electron chi connectivity index (χ3n) is 3.57. The quantitative estimate of drug-likeness (QED) is 0.434. The molecule has 0 aliphatic heterocycles. The lowest BCUT2D eigenvalue weighted by Crippen LogP contribution is -2.55. The molecule has 3 heteroatoms. The molecule has 1 N–H and O–H groups in total. The number of carbonyl (C=O) groups excluding carboxylic acids is 1. The predicted molar refractivity (Wildman–Crippen MR) is 58.0 cm³/mol. The second-order valence-electron chi connectivity index (χ2n) is 4.70. The van der Waals surface area contributed by atoms with E-state index in [1.807, 2.05) is 13.8 Å². The topological polar surface area (TPSA) is 46.5 Å². The standard InChI is InChI=1S/C12H20O3/c1-5-11(4)8-6-7-9(2)12(11,14)15-10(3)13/h5,9,14H,1,6-8H2,2-4H3/t9-,11-,12+/m1/s1. The van der Waals surface area contributed by atoms with Crippen molar-refractivity contribution < 1.29 is 14.6 Å². The van der Waals surface area contributed by atoms with E-state index in [1.54, 1.807) is 6.08 Å². The third kappa shape index (κ3) is 1.93. The van der Waals surface area contributed by atoms with Gasteiger partial charge in [0, 0.05) is 12.8 Å². The number of aliphatic hydroxyl groups is 1. The van der Waals surface area contributed by atoms with Crippen molar-refractivity contribution >= 4 is 5.97 Å². The molecule has 0 unspecified atom stereocenters. The molecule has 0 amide bonds. The Morgan fingerprint density at radius 3 is 2.73 bits per heavy atom. The third-order valence-corrected chi connectivity index (χ3v) is 3.57. The van der Waals surface area contributed by atoms with Crippen molar-refractivity contribution in [2.75, 3.05) is 0 Å². The van der Waals surface area contributed by atoms with Gasteiger partial charge in [-0.15, -0.1) is 6.58 Å². The van der Waals surface area contributed by atoms with E-state index in [9.17, 15) is 9.90 Å². The first kappa shape index (κ1) is 12.2. The maximum Gasteiger partial charge on any atom is 0.305 e. The van der Waals surface area contributed by atoms with Gasteiger partial charge < -0.3 is 9.84 Å². The molecule has 0 aromatic heterocycles. The van der Waals surface area contributed by atoms with Gasteiger partial charge in [-0.3, -0.25) is 4.79 Å². The van der Waals surface area contributed by atoms with Gasteiger partial charge in [0.2, 0.25) is 5.79 Å². The first-order valence-corrected chi connectivity index (χ1v) is 5.41. The number of ether oxygens (including phenoxy) is 1. The lowest BCUT2D eigenvalue weighted by Gasteiger charge is -2.49. The molecule has 0 radical (unpaired) electrons. The summed E-state index contributed by atoms with van der Waals surface area (Å²) in [5, 5.41) is 10.5. The van der Waals surface area contributed by atoms with E-state index in [1.165, 1.54) is 6.92 Å². The molecule has 0 spiro atoms. The van der Waals surface area contributed by atoms with Crippen molar-refractivity contribution in [3.05, 3.63) is 12.7 Å². The van der Waals surface area contributed by atoms with Crippen molar-refractivity contribution in [3.8, 4) is 0 Å². The van der Waals surface area contributed by atoms with Crippen LogP contribution in [0, 0.1) is 11.3 Å². The van der Waals surface area contributed by atoms with Crippen LogP contribution in [0.15, 0.2) is 12.7 Å². The van der Waals surface area contributed by atoms with Crippen LogP contribution in [0.1, 0.15) is 40.0 Å². The Morgan fingerprint density at radius 2 is 2.27 bits per heavy atom. The molecule has 1 fully saturated rings. The van der Waals surface area contributed by atoms with Gasteiger partial charge in [0.1, 0.15) is 0 Å². The molecular formula is C12H20O3. The zero-order chi connectivity index (χ0) is 11.7. The Hall–Kier alpha value is -0.830. The second-order valence-corrected chi connectivity index (χ2v) is 4.70. The number of rotatable bonds is 2. The minimum atomic E-state index is -1.40. The fourth-order valence-electron chi connectivity index (χ4n) is 2.40. The van der Waals surface area contributed by atoms with Crippen molar-refractivity contribution in [1.82, 2.24) is 0 Å². The van der Waals surface area contributed by atoms with E-state index in [0.717, 1.165) is 19.3 Å². The zero-order valence-electron chi connectivity index (χ0n) is 9.75. The Labute approximate surface area is 91.1 Å². The molecule has 0 aromatic rings. The van der Waals surface area contributed by atoms with Gasteiger partial charge in [-0.2, -0.15) is 0 Å². The van der Waals surface area contributed by atoms with Gasteiger partial charge in [-0.1, -0.05) is 19.4 Å². The van der Waals surface area contributed by atoms with Crippen LogP contribution in [0.2, 0.25) is 0 Å². The summed E-state index contributed by atoms with van der Waals surface area (Å²) in [4.78, 5) is 11.0. The maximum absolute atomic E-state index is 11.0. The SMILES string of the molecule is C=C[C@]1(C)CCC[C@@H](C)[C@]1(O)OC(C)=O. The van der Waals surface area contributed by atoms with Gasteiger partial charge in [0.05, 0.1) is 5.41 Å². The highest BCUT2D eigenvalue weighted by Crippen LogP contribution is 2.48. The Kier molecular flexibility index (Phi) is 3.24. The van der Waals surface area contributed by atoms with Crippen molar-refractivity contribution in [2.45, 2.75) is 45.8 Å². The summed E-state index contributed by atoms with van der Waals surface area (Å²) in [5.74, 6) is -1.91. The van der Waals surface area contributed by atoms with E-state index < -0.39 is 17.2 Å². The van der Waals surface area contributed by atoms with Crippen LogP contribution in [-0.4, -0.2) is 16.9 Å². The molecule has 0 bridgehead atoms. The normalized spacial score (nSPS) is 40.9. The van der Waals surface area contributed by atoms with E-state index in [4.69, 9.17) is 4.74 Å². The van der Waals surface area contributed by atoms with Crippen LogP contribution in [-0.2, 0) is 9.53 Å². The van der Waals surface area contributed by atoms with Crippen LogP contribution in [0.25, 0.3) is 0 Å². The number of carbonyl (C=O) groups is 1. The Bertz CT molecular complexity index is 274. The average Bonchev–Trinajstić information content (AvgIpc) is 2.14. The molecule has 1 rings (SSSR count). The largest absolute Gasteiger partial charge is 0.432 e.